The minimum absolute atomic E-state index is 0.0684. The Morgan fingerprint density at radius 3 is 2.83 bits per heavy atom. The van der Waals surface area contributed by atoms with Gasteiger partial charge >= 0.3 is 5.97 Å². The average Bonchev–Trinajstić information content (AvgIpc) is 2.26. The number of aryl methyl sites for hydroxylation is 1. The third-order valence-corrected chi connectivity index (χ3v) is 3.48. The first kappa shape index (κ1) is 12.9. The smallest absolute Gasteiger partial charge is 0.341 e. The number of hydrogen-bond donors (Lipinski definition) is 1. The van der Waals surface area contributed by atoms with E-state index in [0.717, 1.165) is 6.42 Å². The molecule has 0 amide bonds. The zero-order valence-electron chi connectivity index (χ0n) is 10.5. The van der Waals surface area contributed by atoms with Crippen LogP contribution in [0.25, 0.3) is 0 Å². The molecular formula is C14H18FNO2. The second-order valence-electron chi connectivity index (χ2n) is 4.92. The standard InChI is InChI=1S/C14H18FNO2/c1-9-7-11(16)8-12(13(9)15)14(17)18-6-5-10-3-2-4-10/h7-8,10H,2-6,16H2,1H3. The van der Waals surface area contributed by atoms with E-state index in [1.165, 1.54) is 31.4 Å². The number of carbonyl (C=O) groups is 1. The van der Waals surface area contributed by atoms with Gasteiger partial charge < -0.3 is 10.5 Å². The lowest BCUT2D eigenvalue weighted by molar-refractivity contribution is 0.0459. The lowest BCUT2D eigenvalue weighted by Gasteiger charge is -2.24. The van der Waals surface area contributed by atoms with Crippen molar-refractivity contribution in [2.45, 2.75) is 32.6 Å². The van der Waals surface area contributed by atoms with Crippen LogP contribution < -0.4 is 5.73 Å². The molecule has 0 saturated heterocycles. The number of esters is 1. The van der Waals surface area contributed by atoms with Gasteiger partial charge in [-0.05, 0) is 37.0 Å². The third-order valence-electron chi connectivity index (χ3n) is 3.48. The van der Waals surface area contributed by atoms with Crippen molar-refractivity contribution in [1.82, 2.24) is 0 Å². The van der Waals surface area contributed by atoms with Gasteiger partial charge in [-0.1, -0.05) is 19.3 Å². The van der Waals surface area contributed by atoms with Gasteiger partial charge in [0, 0.05) is 5.69 Å². The molecular weight excluding hydrogens is 233 g/mol. The van der Waals surface area contributed by atoms with E-state index in [-0.39, 0.29) is 5.56 Å². The van der Waals surface area contributed by atoms with Gasteiger partial charge in [-0.2, -0.15) is 0 Å². The van der Waals surface area contributed by atoms with E-state index >= 15 is 0 Å². The number of benzene rings is 1. The molecule has 1 aromatic carbocycles. The van der Waals surface area contributed by atoms with E-state index < -0.39 is 11.8 Å². The fourth-order valence-corrected chi connectivity index (χ4v) is 2.12. The molecule has 0 heterocycles. The molecule has 1 aliphatic rings. The molecule has 1 aliphatic carbocycles. The van der Waals surface area contributed by atoms with Crippen molar-refractivity contribution in [3.8, 4) is 0 Å². The minimum Gasteiger partial charge on any atom is -0.462 e. The van der Waals surface area contributed by atoms with Gasteiger partial charge in [0.25, 0.3) is 0 Å². The zero-order valence-corrected chi connectivity index (χ0v) is 10.5. The van der Waals surface area contributed by atoms with E-state index in [1.807, 2.05) is 0 Å². The van der Waals surface area contributed by atoms with E-state index in [9.17, 15) is 9.18 Å². The summed E-state index contributed by atoms with van der Waals surface area (Å²) >= 11 is 0. The highest BCUT2D eigenvalue weighted by atomic mass is 19.1. The molecule has 0 radical (unpaired) electrons. The summed E-state index contributed by atoms with van der Waals surface area (Å²) in [5, 5.41) is 0. The Morgan fingerprint density at radius 1 is 1.50 bits per heavy atom. The fraction of sp³-hybridized carbons (Fsp3) is 0.500. The van der Waals surface area contributed by atoms with Crippen LogP contribution in [-0.2, 0) is 4.74 Å². The molecule has 1 saturated carbocycles. The van der Waals surface area contributed by atoms with Crippen molar-refractivity contribution in [2.75, 3.05) is 12.3 Å². The monoisotopic (exact) mass is 251 g/mol. The Kier molecular flexibility index (Phi) is 3.84. The topological polar surface area (TPSA) is 52.3 Å². The van der Waals surface area contributed by atoms with Gasteiger partial charge in [0.15, 0.2) is 0 Å². The molecule has 2 N–H and O–H groups in total. The normalized spacial score (nSPS) is 15.2. The van der Waals surface area contributed by atoms with Crippen molar-refractivity contribution < 1.29 is 13.9 Å². The summed E-state index contributed by atoms with van der Waals surface area (Å²) < 4.78 is 18.8. The largest absolute Gasteiger partial charge is 0.462 e. The summed E-state index contributed by atoms with van der Waals surface area (Å²) in [6, 6.07) is 2.83. The quantitative estimate of drug-likeness (QED) is 0.661. The van der Waals surface area contributed by atoms with Gasteiger partial charge in [-0.25, -0.2) is 9.18 Å². The van der Waals surface area contributed by atoms with Crippen LogP contribution in [0.4, 0.5) is 10.1 Å². The summed E-state index contributed by atoms with van der Waals surface area (Å²) in [6.45, 7) is 1.94. The Hall–Kier alpha value is -1.58. The number of nitrogen functional groups attached to an aromatic ring is 1. The van der Waals surface area contributed by atoms with Gasteiger partial charge in [-0.3, -0.25) is 0 Å². The Labute approximate surface area is 106 Å². The third kappa shape index (κ3) is 2.81. The summed E-state index contributed by atoms with van der Waals surface area (Å²) in [6.07, 6.45) is 4.56. The maximum absolute atomic E-state index is 13.7. The second-order valence-corrected chi connectivity index (χ2v) is 4.92. The summed E-state index contributed by atoms with van der Waals surface area (Å²) in [5.41, 5.74) is 6.27. The van der Waals surface area contributed by atoms with E-state index in [0.29, 0.717) is 23.8 Å². The van der Waals surface area contributed by atoms with Crippen LogP contribution in [-0.4, -0.2) is 12.6 Å². The first-order chi connectivity index (χ1) is 8.58. The molecule has 3 nitrogen and oxygen atoms in total. The van der Waals surface area contributed by atoms with E-state index in [2.05, 4.69) is 0 Å². The van der Waals surface area contributed by atoms with Crippen LogP contribution in [0.3, 0.4) is 0 Å². The summed E-state index contributed by atoms with van der Waals surface area (Å²) in [4.78, 5) is 11.7. The highest BCUT2D eigenvalue weighted by Gasteiger charge is 2.19. The van der Waals surface area contributed by atoms with Crippen molar-refractivity contribution in [1.29, 1.82) is 0 Å². The summed E-state index contributed by atoms with van der Waals surface area (Å²) in [7, 11) is 0. The minimum atomic E-state index is -0.623. The number of ether oxygens (including phenoxy) is 1. The van der Waals surface area contributed by atoms with Gasteiger partial charge in [0.1, 0.15) is 5.82 Å². The average molecular weight is 251 g/mol. The van der Waals surface area contributed by atoms with E-state index in [1.54, 1.807) is 6.92 Å². The first-order valence-corrected chi connectivity index (χ1v) is 6.30. The van der Waals surface area contributed by atoms with Crippen LogP contribution in [0.5, 0.6) is 0 Å². The molecule has 2 rings (SSSR count). The molecule has 1 fully saturated rings. The second kappa shape index (κ2) is 5.38. The maximum Gasteiger partial charge on any atom is 0.341 e. The van der Waals surface area contributed by atoms with Crippen LogP contribution in [0, 0.1) is 18.7 Å². The van der Waals surface area contributed by atoms with Gasteiger partial charge in [0.2, 0.25) is 0 Å². The highest BCUT2D eigenvalue weighted by Crippen LogP contribution is 2.29. The number of nitrogens with two attached hydrogens (primary N) is 1. The molecule has 0 aromatic heterocycles. The number of anilines is 1. The number of carbonyl (C=O) groups excluding carboxylic acids is 1. The molecule has 4 heteroatoms. The Balaban J connectivity index is 1.95. The fourth-order valence-electron chi connectivity index (χ4n) is 2.12. The van der Waals surface area contributed by atoms with Crippen LogP contribution in [0.15, 0.2) is 12.1 Å². The molecule has 0 atom stereocenters. The summed E-state index contributed by atoms with van der Waals surface area (Å²) in [5.74, 6) is -0.495. The maximum atomic E-state index is 13.7. The predicted molar refractivity (Wildman–Crippen MR) is 67.8 cm³/mol. The zero-order chi connectivity index (χ0) is 13.1. The van der Waals surface area contributed by atoms with Crippen LogP contribution >= 0.6 is 0 Å². The highest BCUT2D eigenvalue weighted by molar-refractivity contribution is 5.91. The predicted octanol–water partition coefficient (Wildman–Crippen LogP) is 3.06. The molecule has 0 bridgehead atoms. The molecule has 0 spiro atoms. The van der Waals surface area contributed by atoms with Crippen molar-refractivity contribution >= 4 is 11.7 Å². The molecule has 0 unspecified atom stereocenters. The van der Waals surface area contributed by atoms with Gasteiger partial charge in [-0.15, -0.1) is 0 Å². The molecule has 98 valence electrons. The number of hydrogen-bond acceptors (Lipinski definition) is 3. The number of halogens is 1. The van der Waals surface area contributed by atoms with Crippen molar-refractivity contribution in [2.24, 2.45) is 5.92 Å². The van der Waals surface area contributed by atoms with E-state index in [4.69, 9.17) is 10.5 Å². The molecule has 1 aromatic rings. The van der Waals surface area contributed by atoms with Crippen molar-refractivity contribution in [3.05, 3.63) is 29.1 Å². The Morgan fingerprint density at radius 2 is 2.22 bits per heavy atom. The Bertz CT molecular complexity index is 455. The lowest BCUT2D eigenvalue weighted by atomic mass is 9.83. The van der Waals surface area contributed by atoms with Crippen LogP contribution in [0.1, 0.15) is 41.6 Å². The lowest BCUT2D eigenvalue weighted by Crippen LogP contribution is -2.16. The first-order valence-electron chi connectivity index (χ1n) is 6.30. The molecule has 0 aliphatic heterocycles. The van der Waals surface area contributed by atoms with Gasteiger partial charge in [0.05, 0.1) is 12.2 Å². The number of rotatable bonds is 4. The van der Waals surface area contributed by atoms with Crippen molar-refractivity contribution in [3.63, 3.8) is 0 Å². The molecule has 18 heavy (non-hydrogen) atoms. The van der Waals surface area contributed by atoms with Crippen LogP contribution in [0.2, 0.25) is 0 Å². The SMILES string of the molecule is Cc1cc(N)cc(C(=O)OCCC2CCC2)c1F.